The molecule has 0 aliphatic carbocycles. The van der Waals surface area contributed by atoms with E-state index in [-0.39, 0.29) is 4.99 Å². The van der Waals surface area contributed by atoms with Gasteiger partial charge >= 0.3 is 0 Å². The van der Waals surface area contributed by atoms with E-state index in [2.05, 4.69) is 10.3 Å². The second kappa shape index (κ2) is 6.07. The van der Waals surface area contributed by atoms with Crippen molar-refractivity contribution in [3.05, 3.63) is 46.7 Å². The van der Waals surface area contributed by atoms with Gasteiger partial charge in [-0.3, -0.25) is 4.98 Å². The molecule has 0 unspecified atom stereocenters. The van der Waals surface area contributed by atoms with E-state index in [1.54, 1.807) is 25.4 Å². The van der Waals surface area contributed by atoms with E-state index in [0.717, 1.165) is 16.9 Å². The number of aryl methyl sites for hydroxylation is 1. The van der Waals surface area contributed by atoms with Gasteiger partial charge in [-0.25, -0.2) is 0 Å². The van der Waals surface area contributed by atoms with E-state index in [4.69, 9.17) is 34.3 Å². The molecule has 0 fully saturated rings. The summed E-state index contributed by atoms with van der Waals surface area (Å²) < 4.78 is 5.32. The van der Waals surface area contributed by atoms with Gasteiger partial charge in [0.1, 0.15) is 16.4 Å². The number of pyridine rings is 1. The van der Waals surface area contributed by atoms with Crippen LogP contribution in [0.1, 0.15) is 11.3 Å². The van der Waals surface area contributed by atoms with Crippen LogP contribution in [0.2, 0.25) is 5.02 Å². The smallest absolute Gasteiger partial charge is 0.143 e. The van der Waals surface area contributed by atoms with Gasteiger partial charge in [-0.2, -0.15) is 0 Å². The van der Waals surface area contributed by atoms with Gasteiger partial charge in [0.2, 0.25) is 0 Å². The number of halogens is 1. The zero-order chi connectivity index (χ0) is 14.7. The molecule has 0 amide bonds. The quantitative estimate of drug-likeness (QED) is 0.847. The van der Waals surface area contributed by atoms with Crippen molar-refractivity contribution < 1.29 is 4.74 Å². The number of nitrogens with two attached hydrogens (primary N) is 1. The molecule has 6 heteroatoms. The van der Waals surface area contributed by atoms with Crippen molar-refractivity contribution >= 4 is 40.2 Å². The SMILES string of the molecule is COc1cc(Cl)c(C)cc1Nc1cccnc1C(N)=S. The Morgan fingerprint density at radius 3 is 2.80 bits per heavy atom. The molecule has 1 aromatic carbocycles. The molecule has 2 aromatic rings. The molecular formula is C14H14ClN3OS. The lowest BCUT2D eigenvalue weighted by atomic mass is 10.2. The van der Waals surface area contributed by atoms with E-state index in [9.17, 15) is 0 Å². The normalized spacial score (nSPS) is 10.2. The molecule has 0 saturated heterocycles. The van der Waals surface area contributed by atoms with Crippen LogP contribution in [-0.2, 0) is 0 Å². The molecule has 0 radical (unpaired) electrons. The molecule has 104 valence electrons. The highest BCUT2D eigenvalue weighted by atomic mass is 35.5. The number of nitrogens with zero attached hydrogens (tertiary/aromatic N) is 1. The zero-order valence-corrected chi connectivity index (χ0v) is 12.7. The molecule has 4 nitrogen and oxygen atoms in total. The molecule has 3 N–H and O–H groups in total. The summed E-state index contributed by atoms with van der Waals surface area (Å²) in [4.78, 5) is 4.41. The maximum absolute atomic E-state index is 6.09. The largest absolute Gasteiger partial charge is 0.495 e. The number of aromatic nitrogens is 1. The summed E-state index contributed by atoms with van der Waals surface area (Å²) in [5.41, 5.74) is 8.65. The predicted molar refractivity (Wildman–Crippen MR) is 86.1 cm³/mol. The fourth-order valence-electron chi connectivity index (χ4n) is 1.78. The Labute approximate surface area is 127 Å². The van der Waals surface area contributed by atoms with E-state index >= 15 is 0 Å². The van der Waals surface area contributed by atoms with Crippen molar-refractivity contribution in [3.63, 3.8) is 0 Å². The minimum Gasteiger partial charge on any atom is -0.495 e. The van der Waals surface area contributed by atoms with Gasteiger partial charge in [-0.15, -0.1) is 0 Å². The molecule has 0 atom stereocenters. The highest BCUT2D eigenvalue weighted by molar-refractivity contribution is 7.80. The highest BCUT2D eigenvalue weighted by Gasteiger charge is 2.11. The molecule has 0 spiro atoms. The Bertz CT molecular complexity index is 661. The first-order valence-corrected chi connectivity index (χ1v) is 6.67. The number of anilines is 2. The second-order valence-electron chi connectivity index (χ2n) is 4.19. The number of methoxy groups -OCH3 is 1. The lowest BCUT2D eigenvalue weighted by Crippen LogP contribution is -2.14. The molecule has 1 aromatic heterocycles. The van der Waals surface area contributed by atoms with Crippen molar-refractivity contribution in [3.8, 4) is 5.75 Å². The number of rotatable bonds is 4. The van der Waals surface area contributed by atoms with Crippen molar-refractivity contribution in [2.45, 2.75) is 6.92 Å². The van der Waals surface area contributed by atoms with Crippen LogP contribution < -0.4 is 15.8 Å². The average Bonchev–Trinajstić information content (AvgIpc) is 2.43. The van der Waals surface area contributed by atoms with Crippen molar-refractivity contribution in [1.29, 1.82) is 0 Å². The van der Waals surface area contributed by atoms with Gasteiger partial charge < -0.3 is 15.8 Å². The fourth-order valence-corrected chi connectivity index (χ4v) is 2.09. The van der Waals surface area contributed by atoms with E-state index in [1.807, 2.05) is 19.1 Å². The highest BCUT2D eigenvalue weighted by Crippen LogP contribution is 2.33. The summed E-state index contributed by atoms with van der Waals surface area (Å²) in [5, 5.41) is 3.87. The number of benzene rings is 1. The zero-order valence-electron chi connectivity index (χ0n) is 11.1. The van der Waals surface area contributed by atoms with Crippen LogP contribution in [0.15, 0.2) is 30.5 Å². The Balaban J connectivity index is 2.45. The van der Waals surface area contributed by atoms with Gasteiger partial charge in [0.05, 0.1) is 18.5 Å². The van der Waals surface area contributed by atoms with Crippen LogP contribution in [0.3, 0.4) is 0 Å². The van der Waals surface area contributed by atoms with Gasteiger partial charge in [0, 0.05) is 17.3 Å². The fraction of sp³-hybridized carbons (Fsp3) is 0.143. The third kappa shape index (κ3) is 3.00. The van der Waals surface area contributed by atoms with E-state index in [0.29, 0.717) is 16.5 Å². The summed E-state index contributed by atoms with van der Waals surface area (Å²) in [6.07, 6.45) is 1.64. The first-order chi connectivity index (χ1) is 9.52. The Hall–Kier alpha value is -1.85. The van der Waals surface area contributed by atoms with Gasteiger partial charge in [-0.05, 0) is 30.7 Å². The molecule has 1 heterocycles. The minimum atomic E-state index is 0.234. The summed E-state index contributed by atoms with van der Waals surface area (Å²) in [6, 6.07) is 7.32. The number of ether oxygens (including phenoxy) is 1. The molecular weight excluding hydrogens is 294 g/mol. The number of hydrogen-bond donors (Lipinski definition) is 2. The van der Waals surface area contributed by atoms with Crippen molar-refractivity contribution in [1.82, 2.24) is 4.98 Å². The van der Waals surface area contributed by atoms with Crippen LogP contribution in [0.5, 0.6) is 5.75 Å². The maximum Gasteiger partial charge on any atom is 0.143 e. The monoisotopic (exact) mass is 307 g/mol. The molecule has 0 bridgehead atoms. The first kappa shape index (κ1) is 14.6. The van der Waals surface area contributed by atoms with Crippen LogP contribution >= 0.6 is 23.8 Å². The van der Waals surface area contributed by atoms with Gasteiger partial charge in [-0.1, -0.05) is 23.8 Å². The molecule has 0 aliphatic heterocycles. The number of hydrogen-bond acceptors (Lipinski definition) is 4. The second-order valence-corrected chi connectivity index (χ2v) is 5.04. The summed E-state index contributed by atoms with van der Waals surface area (Å²) >= 11 is 11.1. The minimum absolute atomic E-state index is 0.234. The van der Waals surface area contributed by atoms with Gasteiger partial charge in [0.25, 0.3) is 0 Å². The van der Waals surface area contributed by atoms with Crippen molar-refractivity contribution in [2.75, 3.05) is 12.4 Å². The summed E-state index contributed by atoms with van der Waals surface area (Å²) in [7, 11) is 1.59. The average molecular weight is 308 g/mol. The molecule has 2 rings (SSSR count). The standard InChI is InChI=1S/C14H14ClN3OS/c1-8-6-11(12(19-2)7-9(8)15)18-10-4-3-5-17-13(10)14(16)20/h3-7,18H,1-2H3,(H2,16,20). The maximum atomic E-state index is 6.09. The number of nitrogens with one attached hydrogen (secondary N) is 1. The molecule has 0 saturated carbocycles. The van der Waals surface area contributed by atoms with Crippen LogP contribution in [0, 0.1) is 6.92 Å². The topological polar surface area (TPSA) is 60.2 Å². The van der Waals surface area contributed by atoms with Crippen molar-refractivity contribution in [2.24, 2.45) is 5.73 Å². The van der Waals surface area contributed by atoms with Gasteiger partial charge in [0.15, 0.2) is 0 Å². The first-order valence-electron chi connectivity index (χ1n) is 5.89. The van der Waals surface area contributed by atoms with Crippen LogP contribution in [0.25, 0.3) is 0 Å². The lowest BCUT2D eigenvalue weighted by Gasteiger charge is -2.14. The molecule has 20 heavy (non-hydrogen) atoms. The van der Waals surface area contributed by atoms with Crippen LogP contribution in [-0.4, -0.2) is 17.1 Å². The third-order valence-electron chi connectivity index (χ3n) is 2.79. The molecule has 0 aliphatic rings. The van der Waals surface area contributed by atoms with E-state index < -0.39 is 0 Å². The Kier molecular flexibility index (Phi) is 4.42. The van der Waals surface area contributed by atoms with E-state index in [1.165, 1.54) is 0 Å². The Morgan fingerprint density at radius 1 is 1.40 bits per heavy atom. The Morgan fingerprint density at radius 2 is 2.15 bits per heavy atom. The van der Waals surface area contributed by atoms with Crippen LogP contribution in [0.4, 0.5) is 11.4 Å². The summed E-state index contributed by atoms with van der Waals surface area (Å²) in [5.74, 6) is 0.637. The summed E-state index contributed by atoms with van der Waals surface area (Å²) in [6.45, 7) is 1.92. The predicted octanol–water partition coefficient (Wildman–Crippen LogP) is 3.43. The lowest BCUT2D eigenvalue weighted by molar-refractivity contribution is 0.417. The third-order valence-corrected chi connectivity index (χ3v) is 3.39. The number of thiocarbonyl (C=S) groups is 1.